The van der Waals surface area contributed by atoms with Crippen LogP contribution in [0.2, 0.25) is 0 Å². The summed E-state index contributed by atoms with van der Waals surface area (Å²) in [5.41, 5.74) is 2.10. The zero-order valence-corrected chi connectivity index (χ0v) is 14.2. The van der Waals surface area contributed by atoms with Gasteiger partial charge in [-0.3, -0.25) is 0 Å². The SMILES string of the molecule is CCOC(=O)C1=C(C[NH2+]Cc2ccccc2OC)NC(=O)N[C@@H]1C. The van der Waals surface area contributed by atoms with Gasteiger partial charge >= 0.3 is 12.0 Å². The first kappa shape index (κ1) is 17.8. The summed E-state index contributed by atoms with van der Waals surface area (Å²) in [6.45, 7) is 4.95. The van der Waals surface area contributed by atoms with Gasteiger partial charge < -0.3 is 25.4 Å². The van der Waals surface area contributed by atoms with Crippen molar-refractivity contribution in [2.24, 2.45) is 0 Å². The first-order valence-electron chi connectivity index (χ1n) is 7.98. The lowest BCUT2D eigenvalue weighted by atomic mass is 10.0. The van der Waals surface area contributed by atoms with E-state index >= 15 is 0 Å². The van der Waals surface area contributed by atoms with Crippen LogP contribution in [-0.2, 0) is 16.1 Å². The Bertz CT molecular complexity index is 642. The molecule has 0 radical (unpaired) electrons. The van der Waals surface area contributed by atoms with Crippen molar-refractivity contribution in [3.8, 4) is 5.75 Å². The fourth-order valence-electron chi connectivity index (χ4n) is 2.68. The molecule has 0 saturated carbocycles. The summed E-state index contributed by atoms with van der Waals surface area (Å²) in [6, 6.07) is 7.06. The number of rotatable bonds is 7. The van der Waals surface area contributed by atoms with Crippen molar-refractivity contribution in [3.63, 3.8) is 0 Å². The van der Waals surface area contributed by atoms with E-state index < -0.39 is 5.97 Å². The minimum atomic E-state index is -0.404. The fourth-order valence-corrected chi connectivity index (χ4v) is 2.68. The molecule has 7 nitrogen and oxygen atoms in total. The molecule has 7 heteroatoms. The van der Waals surface area contributed by atoms with Crippen LogP contribution in [0.3, 0.4) is 0 Å². The first-order valence-corrected chi connectivity index (χ1v) is 7.98. The molecule has 0 aliphatic carbocycles. The number of hydrogen-bond donors (Lipinski definition) is 3. The van der Waals surface area contributed by atoms with Gasteiger partial charge in [-0.2, -0.15) is 0 Å². The summed E-state index contributed by atoms with van der Waals surface area (Å²) < 4.78 is 10.4. The number of carbonyl (C=O) groups is 2. The molecule has 2 rings (SSSR count). The molecule has 1 aliphatic heterocycles. The van der Waals surface area contributed by atoms with Crippen LogP contribution in [-0.4, -0.2) is 38.3 Å². The molecular weight excluding hydrogens is 310 g/mol. The van der Waals surface area contributed by atoms with Crippen LogP contribution < -0.4 is 20.7 Å². The van der Waals surface area contributed by atoms with E-state index in [1.165, 1.54) is 0 Å². The second kappa shape index (κ2) is 8.35. The van der Waals surface area contributed by atoms with Crippen molar-refractivity contribution >= 4 is 12.0 Å². The summed E-state index contributed by atoms with van der Waals surface area (Å²) in [5, 5.41) is 7.40. The Hall–Kier alpha value is -2.54. The summed E-state index contributed by atoms with van der Waals surface area (Å²) in [6.07, 6.45) is 0. The van der Waals surface area contributed by atoms with E-state index in [1.807, 2.05) is 29.6 Å². The quantitative estimate of drug-likeness (QED) is 0.624. The van der Waals surface area contributed by atoms with Crippen molar-refractivity contribution in [2.75, 3.05) is 20.3 Å². The molecule has 0 spiro atoms. The topological polar surface area (TPSA) is 93.3 Å². The van der Waals surface area contributed by atoms with Gasteiger partial charge in [0.1, 0.15) is 18.8 Å². The average molecular weight is 334 g/mol. The monoisotopic (exact) mass is 334 g/mol. The predicted molar refractivity (Wildman–Crippen MR) is 88.3 cm³/mol. The Kier molecular flexibility index (Phi) is 6.20. The third kappa shape index (κ3) is 4.26. The zero-order valence-electron chi connectivity index (χ0n) is 14.2. The molecule has 0 saturated heterocycles. The number of benzene rings is 1. The molecule has 1 aliphatic rings. The highest BCUT2D eigenvalue weighted by Gasteiger charge is 2.30. The highest BCUT2D eigenvalue weighted by atomic mass is 16.5. The number of nitrogens with two attached hydrogens (primary N) is 1. The second-order valence-corrected chi connectivity index (χ2v) is 5.44. The van der Waals surface area contributed by atoms with Crippen molar-refractivity contribution in [3.05, 3.63) is 41.1 Å². The lowest BCUT2D eigenvalue weighted by Crippen LogP contribution is -2.84. The van der Waals surface area contributed by atoms with E-state index in [0.29, 0.717) is 31.0 Å². The van der Waals surface area contributed by atoms with Gasteiger partial charge in [-0.05, 0) is 26.0 Å². The molecule has 1 aromatic carbocycles. The Labute approximate surface area is 141 Å². The van der Waals surface area contributed by atoms with Gasteiger partial charge in [-0.15, -0.1) is 0 Å². The Morgan fingerprint density at radius 2 is 2.04 bits per heavy atom. The average Bonchev–Trinajstić information content (AvgIpc) is 2.55. The Balaban J connectivity index is 2.10. The van der Waals surface area contributed by atoms with E-state index in [9.17, 15) is 9.59 Å². The summed E-state index contributed by atoms with van der Waals surface area (Å²) in [4.78, 5) is 23.9. The molecule has 0 aromatic heterocycles. The fraction of sp³-hybridized carbons (Fsp3) is 0.412. The molecule has 1 atom stereocenters. The minimum absolute atomic E-state index is 0.293. The van der Waals surface area contributed by atoms with Crippen molar-refractivity contribution in [2.45, 2.75) is 26.4 Å². The Morgan fingerprint density at radius 3 is 2.75 bits per heavy atom. The maximum atomic E-state index is 12.2. The highest BCUT2D eigenvalue weighted by molar-refractivity contribution is 5.94. The molecule has 0 bridgehead atoms. The van der Waals surface area contributed by atoms with Crippen LogP contribution in [0.4, 0.5) is 4.79 Å². The lowest BCUT2D eigenvalue weighted by molar-refractivity contribution is -0.664. The molecule has 2 amide bonds. The first-order chi connectivity index (χ1) is 11.6. The Morgan fingerprint density at radius 1 is 1.29 bits per heavy atom. The molecule has 0 unspecified atom stereocenters. The molecular formula is C17H24N3O4+. The van der Waals surface area contributed by atoms with E-state index in [-0.39, 0.29) is 12.1 Å². The summed E-state index contributed by atoms with van der Waals surface area (Å²) in [5.74, 6) is 0.411. The number of amides is 2. The number of urea groups is 1. The number of carbonyl (C=O) groups excluding carboxylic acids is 2. The number of quaternary nitrogens is 1. The van der Waals surface area contributed by atoms with Gasteiger partial charge in [-0.1, -0.05) is 12.1 Å². The molecule has 24 heavy (non-hydrogen) atoms. The summed E-state index contributed by atoms with van der Waals surface area (Å²) in [7, 11) is 1.63. The van der Waals surface area contributed by atoms with Gasteiger partial charge in [0.25, 0.3) is 0 Å². The standard InChI is InChI=1S/C17H23N3O4/c1-4-24-16(21)15-11(2)19-17(22)20-13(15)10-18-9-12-7-5-6-8-14(12)23-3/h5-8,11,18H,4,9-10H2,1-3H3,(H2,19,20,22)/p+1/t11-/m1/s1. The third-order valence-corrected chi connectivity index (χ3v) is 3.77. The largest absolute Gasteiger partial charge is 0.496 e. The number of ether oxygens (including phenoxy) is 2. The minimum Gasteiger partial charge on any atom is -0.496 e. The van der Waals surface area contributed by atoms with Crippen LogP contribution >= 0.6 is 0 Å². The van der Waals surface area contributed by atoms with Crippen molar-refractivity contribution in [1.82, 2.24) is 10.6 Å². The third-order valence-electron chi connectivity index (χ3n) is 3.77. The molecule has 4 N–H and O–H groups in total. The zero-order chi connectivity index (χ0) is 17.5. The van der Waals surface area contributed by atoms with Crippen LogP contribution in [0.1, 0.15) is 19.4 Å². The van der Waals surface area contributed by atoms with Gasteiger partial charge in [0, 0.05) is 5.56 Å². The number of hydrogen-bond acceptors (Lipinski definition) is 4. The van der Waals surface area contributed by atoms with Crippen LogP contribution in [0, 0.1) is 0 Å². The predicted octanol–water partition coefficient (Wildman–Crippen LogP) is 0.277. The van der Waals surface area contributed by atoms with Crippen LogP contribution in [0.5, 0.6) is 5.75 Å². The van der Waals surface area contributed by atoms with Gasteiger partial charge in [0.05, 0.1) is 31.0 Å². The lowest BCUT2D eigenvalue weighted by Gasteiger charge is -2.25. The van der Waals surface area contributed by atoms with E-state index in [4.69, 9.17) is 9.47 Å². The smallest absolute Gasteiger partial charge is 0.338 e. The maximum absolute atomic E-state index is 12.2. The van der Waals surface area contributed by atoms with E-state index in [2.05, 4.69) is 10.6 Å². The van der Waals surface area contributed by atoms with Crippen molar-refractivity contribution in [1.29, 1.82) is 0 Å². The summed E-state index contributed by atoms with van der Waals surface area (Å²) >= 11 is 0. The number of para-hydroxylation sites is 1. The number of methoxy groups -OCH3 is 1. The molecule has 0 fully saturated rings. The van der Waals surface area contributed by atoms with Crippen LogP contribution in [0.15, 0.2) is 35.5 Å². The molecule has 1 heterocycles. The van der Waals surface area contributed by atoms with Gasteiger partial charge in [0.15, 0.2) is 0 Å². The number of nitrogens with one attached hydrogen (secondary N) is 2. The van der Waals surface area contributed by atoms with Gasteiger partial charge in [-0.25, -0.2) is 9.59 Å². The number of esters is 1. The van der Waals surface area contributed by atoms with Gasteiger partial charge in [0.2, 0.25) is 0 Å². The van der Waals surface area contributed by atoms with Crippen LogP contribution in [0.25, 0.3) is 0 Å². The van der Waals surface area contributed by atoms with Crippen molar-refractivity contribution < 1.29 is 24.4 Å². The maximum Gasteiger partial charge on any atom is 0.338 e. The molecule has 130 valence electrons. The normalized spacial score (nSPS) is 17.1. The second-order valence-electron chi connectivity index (χ2n) is 5.44. The van der Waals surface area contributed by atoms with E-state index in [1.54, 1.807) is 21.0 Å². The molecule has 1 aromatic rings. The highest BCUT2D eigenvalue weighted by Crippen LogP contribution is 2.16. The van der Waals surface area contributed by atoms with E-state index in [0.717, 1.165) is 11.3 Å².